The summed E-state index contributed by atoms with van der Waals surface area (Å²) in [5, 5.41) is 3.02. The van der Waals surface area contributed by atoms with Crippen LogP contribution in [0.4, 0.5) is 11.8 Å². The van der Waals surface area contributed by atoms with Crippen molar-refractivity contribution >= 4 is 17.7 Å². The topological polar surface area (TPSA) is 70.6 Å². The minimum absolute atomic E-state index is 0.0318. The number of carbonyl (C=O) groups excluding carboxylic acids is 1. The Morgan fingerprint density at radius 2 is 1.95 bits per heavy atom. The molecule has 2 fully saturated rings. The van der Waals surface area contributed by atoms with Crippen LogP contribution in [0.15, 0.2) is 6.20 Å². The van der Waals surface area contributed by atoms with Gasteiger partial charge in [0.15, 0.2) is 0 Å². The van der Waals surface area contributed by atoms with E-state index in [2.05, 4.69) is 20.2 Å². The number of aromatic nitrogens is 2. The van der Waals surface area contributed by atoms with Crippen LogP contribution in [0.25, 0.3) is 0 Å². The summed E-state index contributed by atoms with van der Waals surface area (Å²) < 4.78 is 5.28. The lowest BCUT2D eigenvalue weighted by Crippen LogP contribution is -2.41. The van der Waals surface area contributed by atoms with Crippen LogP contribution in [-0.4, -0.2) is 67.2 Å². The van der Waals surface area contributed by atoms with Gasteiger partial charge >= 0.3 is 0 Å². The van der Waals surface area contributed by atoms with E-state index in [1.165, 1.54) is 12.8 Å². The molecule has 0 radical (unpaired) electrons. The Morgan fingerprint density at radius 1 is 1.24 bits per heavy atom. The Morgan fingerprint density at radius 3 is 2.62 bits per heavy atom. The highest BCUT2D eigenvalue weighted by Crippen LogP contribution is 2.21. The number of nitrogens with zero attached hydrogens (tertiary/aromatic N) is 4. The molecule has 0 atom stereocenters. The third-order valence-corrected chi connectivity index (χ3v) is 3.93. The van der Waals surface area contributed by atoms with Crippen LogP contribution in [0, 0.1) is 0 Å². The molecule has 2 aliphatic heterocycles. The monoisotopic (exact) mass is 291 g/mol. The predicted molar refractivity (Wildman–Crippen MR) is 79.7 cm³/mol. The third-order valence-electron chi connectivity index (χ3n) is 3.93. The number of morpholine rings is 1. The summed E-state index contributed by atoms with van der Waals surface area (Å²) in [5.41, 5.74) is 0.530. The maximum atomic E-state index is 12.5. The Hall–Kier alpha value is -1.89. The number of hydrogen-bond donors (Lipinski definition) is 1. The van der Waals surface area contributed by atoms with E-state index in [-0.39, 0.29) is 5.91 Å². The maximum Gasteiger partial charge on any atom is 0.259 e. The van der Waals surface area contributed by atoms with Crippen LogP contribution < -0.4 is 10.2 Å². The average Bonchev–Trinajstić information content (AvgIpc) is 3.09. The zero-order chi connectivity index (χ0) is 14.7. The minimum Gasteiger partial charge on any atom is -0.378 e. The fourth-order valence-electron chi connectivity index (χ4n) is 2.73. The number of ether oxygens (including phenoxy) is 1. The predicted octanol–water partition coefficient (Wildman–Crippen LogP) is 0.591. The summed E-state index contributed by atoms with van der Waals surface area (Å²) in [5.74, 6) is 1.27. The molecule has 0 aliphatic carbocycles. The van der Waals surface area contributed by atoms with Crippen molar-refractivity contribution in [2.24, 2.45) is 0 Å². The molecular weight excluding hydrogens is 270 g/mol. The molecule has 7 heteroatoms. The lowest BCUT2D eigenvalue weighted by Gasteiger charge is -2.27. The standard InChI is InChI=1S/C14H21N5O2/c1-15-12-11(13(20)18-6-8-21-9-7-18)10-16-14(17-12)19-4-2-3-5-19/h10H,2-9H2,1H3,(H,15,16,17). The van der Waals surface area contributed by atoms with Crippen LogP contribution >= 0.6 is 0 Å². The molecule has 0 unspecified atom stereocenters. The molecule has 3 heterocycles. The Kier molecular flexibility index (Phi) is 4.19. The maximum absolute atomic E-state index is 12.5. The van der Waals surface area contributed by atoms with Gasteiger partial charge in [0.05, 0.1) is 13.2 Å². The molecule has 1 N–H and O–H groups in total. The van der Waals surface area contributed by atoms with Crippen molar-refractivity contribution in [3.63, 3.8) is 0 Å². The van der Waals surface area contributed by atoms with Gasteiger partial charge in [-0.25, -0.2) is 4.98 Å². The minimum atomic E-state index is -0.0318. The third kappa shape index (κ3) is 2.92. The first-order valence-corrected chi connectivity index (χ1v) is 7.46. The summed E-state index contributed by atoms with van der Waals surface area (Å²) >= 11 is 0. The largest absolute Gasteiger partial charge is 0.378 e. The zero-order valence-corrected chi connectivity index (χ0v) is 12.3. The van der Waals surface area contributed by atoms with E-state index in [9.17, 15) is 4.79 Å². The first-order chi connectivity index (χ1) is 10.3. The first-order valence-electron chi connectivity index (χ1n) is 7.46. The number of nitrogens with one attached hydrogen (secondary N) is 1. The second-order valence-electron chi connectivity index (χ2n) is 5.28. The SMILES string of the molecule is CNc1nc(N2CCCC2)ncc1C(=O)N1CCOCC1. The van der Waals surface area contributed by atoms with Gasteiger partial charge in [0.2, 0.25) is 5.95 Å². The van der Waals surface area contributed by atoms with Gasteiger partial charge in [-0.3, -0.25) is 4.79 Å². The summed E-state index contributed by atoms with van der Waals surface area (Å²) in [4.78, 5) is 25.4. The summed E-state index contributed by atoms with van der Waals surface area (Å²) in [6.07, 6.45) is 3.99. The van der Waals surface area contributed by atoms with E-state index < -0.39 is 0 Å². The molecule has 21 heavy (non-hydrogen) atoms. The van der Waals surface area contributed by atoms with Gasteiger partial charge < -0.3 is 19.9 Å². The van der Waals surface area contributed by atoms with E-state index >= 15 is 0 Å². The van der Waals surface area contributed by atoms with Crippen molar-refractivity contribution in [2.45, 2.75) is 12.8 Å². The zero-order valence-electron chi connectivity index (χ0n) is 12.3. The molecule has 1 aromatic heterocycles. The molecule has 0 saturated carbocycles. The normalized spacial score (nSPS) is 18.9. The van der Waals surface area contributed by atoms with Crippen LogP contribution in [0.3, 0.4) is 0 Å². The fourth-order valence-corrected chi connectivity index (χ4v) is 2.73. The number of rotatable bonds is 3. The second-order valence-corrected chi connectivity index (χ2v) is 5.28. The molecule has 114 valence electrons. The Bertz CT molecular complexity index is 510. The molecule has 2 saturated heterocycles. The summed E-state index contributed by atoms with van der Waals surface area (Å²) in [7, 11) is 1.78. The first kappa shape index (κ1) is 14.1. The number of anilines is 2. The van der Waals surface area contributed by atoms with Crippen molar-refractivity contribution < 1.29 is 9.53 Å². The molecule has 1 aromatic rings. The van der Waals surface area contributed by atoms with Crippen LogP contribution in [0.1, 0.15) is 23.2 Å². The van der Waals surface area contributed by atoms with E-state index in [1.807, 2.05) is 0 Å². The van der Waals surface area contributed by atoms with Gasteiger partial charge in [-0.2, -0.15) is 4.98 Å². The van der Waals surface area contributed by atoms with Gasteiger partial charge in [0.25, 0.3) is 5.91 Å². The Balaban J connectivity index is 1.82. The Labute approximate surface area is 124 Å². The smallest absolute Gasteiger partial charge is 0.259 e. The highest BCUT2D eigenvalue weighted by atomic mass is 16.5. The molecular formula is C14H21N5O2. The second kappa shape index (κ2) is 6.26. The van der Waals surface area contributed by atoms with Crippen molar-refractivity contribution in [3.05, 3.63) is 11.8 Å². The van der Waals surface area contributed by atoms with Crippen molar-refractivity contribution in [1.82, 2.24) is 14.9 Å². The molecule has 2 aliphatic rings. The highest BCUT2D eigenvalue weighted by molar-refractivity contribution is 5.98. The summed E-state index contributed by atoms with van der Waals surface area (Å²) in [6, 6.07) is 0. The van der Waals surface area contributed by atoms with E-state index in [1.54, 1.807) is 18.1 Å². The van der Waals surface area contributed by atoms with Gasteiger partial charge in [-0.05, 0) is 12.8 Å². The molecule has 0 aromatic carbocycles. The van der Waals surface area contributed by atoms with Crippen molar-refractivity contribution in [1.29, 1.82) is 0 Å². The van der Waals surface area contributed by atoms with Gasteiger partial charge in [0.1, 0.15) is 11.4 Å². The number of carbonyl (C=O) groups is 1. The average molecular weight is 291 g/mol. The molecule has 1 amide bonds. The van der Waals surface area contributed by atoms with E-state index in [4.69, 9.17) is 4.74 Å². The van der Waals surface area contributed by atoms with Crippen LogP contribution in [0.2, 0.25) is 0 Å². The van der Waals surface area contributed by atoms with Gasteiger partial charge in [-0.15, -0.1) is 0 Å². The molecule has 0 spiro atoms. The fraction of sp³-hybridized carbons (Fsp3) is 0.643. The quantitative estimate of drug-likeness (QED) is 0.879. The van der Waals surface area contributed by atoms with Gasteiger partial charge in [-0.1, -0.05) is 0 Å². The number of hydrogen-bond acceptors (Lipinski definition) is 6. The van der Waals surface area contributed by atoms with Gasteiger partial charge in [0, 0.05) is 39.4 Å². The highest BCUT2D eigenvalue weighted by Gasteiger charge is 2.23. The lowest BCUT2D eigenvalue weighted by atomic mass is 10.2. The van der Waals surface area contributed by atoms with E-state index in [0.29, 0.717) is 43.6 Å². The van der Waals surface area contributed by atoms with Crippen LogP contribution in [-0.2, 0) is 4.74 Å². The molecule has 3 rings (SSSR count). The van der Waals surface area contributed by atoms with E-state index in [0.717, 1.165) is 13.1 Å². The van der Waals surface area contributed by atoms with Crippen LogP contribution in [0.5, 0.6) is 0 Å². The molecule has 7 nitrogen and oxygen atoms in total. The molecule has 0 bridgehead atoms. The number of amides is 1. The van der Waals surface area contributed by atoms with Crippen molar-refractivity contribution in [3.8, 4) is 0 Å². The lowest BCUT2D eigenvalue weighted by molar-refractivity contribution is 0.0303. The van der Waals surface area contributed by atoms with Crippen molar-refractivity contribution in [2.75, 3.05) is 56.7 Å². The summed E-state index contributed by atoms with van der Waals surface area (Å²) in [6.45, 7) is 4.40.